The largest absolute Gasteiger partial charge is 0.341 e. The molecule has 2 aliphatic heterocycles. The second-order valence-corrected chi connectivity index (χ2v) is 31.2. The van der Waals surface area contributed by atoms with Crippen LogP contribution in [0.15, 0.2) is 221 Å². The maximum Gasteiger partial charge on any atom is 0.284 e. The van der Waals surface area contributed by atoms with Gasteiger partial charge in [-0.05, 0) is 152 Å². The topological polar surface area (TPSA) is 337 Å². The number of amides is 3. The Labute approximate surface area is 645 Å². The molecule has 0 atom stereocenters. The zero-order valence-corrected chi connectivity index (χ0v) is 62.5. The lowest BCUT2D eigenvalue weighted by molar-refractivity contribution is 0.0745. The van der Waals surface area contributed by atoms with E-state index in [9.17, 15) is 53.2 Å². The molecule has 11 aromatic rings. The van der Waals surface area contributed by atoms with E-state index >= 15 is 0 Å². The van der Waals surface area contributed by atoms with Crippen molar-refractivity contribution >= 4 is 76.7 Å². The van der Waals surface area contributed by atoms with Crippen LogP contribution in [0.3, 0.4) is 0 Å². The highest BCUT2D eigenvalue weighted by molar-refractivity contribution is 7.90. The lowest BCUT2D eigenvalue weighted by Gasteiger charge is -2.35. The number of likely N-dealkylation sites (tertiary alicyclic amines) is 1. The molecular weight excluding hydrogens is 1490 g/mol. The molecule has 6 aromatic carbocycles. The van der Waals surface area contributed by atoms with E-state index in [0.717, 1.165) is 79.6 Å². The SMILES string of the molecule is C#CCCC(=O)c1cc(Nc2cc(C3CC3)[nH]n2)nc(N2CCN(C(=O)c3ccc(S(=O)(=O)n4cnc(-c5ccccc5)n4)cc3)CC2)n1.C#CCNC(=O)c1ccc(S(=O)(=O)n2cc(CCN3CCC(=C(c4ccc(F)cc4)c4ccc(F)cc4)CC3)nn2)cc1.C#CCNC(=O)c1ccc(S(=O)(=O)n2cccc2)cc1. The lowest BCUT2D eigenvalue weighted by atomic mass is 9.88. The summed E-state index contributed by atoms with van der Waals surface area (Å²) in [6, 6.07) is 45.5. The first-order valence-corrected chi connectivity index (χ1v) is 39.6. The number of piperazine rings is 1. The van der Waals surface area contributed by atoms with Crippen LogP contribution in [0.1, 0.15) is 109 Å². The Bertz CT molecular complexity index is 5680. The molecule has 3 fully saturated rings. The van der Waals surface area contributed by atoms with Crippen molar-refractivity contribution in [2.75, 3.05) is 69.1 Å². The van der Waals surface area contributed by atoms with E-state index < -0.39 is 36.0 Å². The maximum atomic E-state index is 13.6. The Hall–Kier alpha value is -13.1. The Kier molecular flexibility index (Phi) is 24.9. The van der Waals surface area contributed by atoms with Gasteiger partial charge in [-0.2, -0.15) is 26.9 Å². The molecule has 14 rings (SSSR count). The van der Waals surface area contributed by atoms with E-state index in [4.69, 9.17) is 19.3 Å². The summed E-state index contributed by atoms with van der Waals surface area (Å²) in [6.45, 7) is 3.98. The van der Waals surface area contributed by atoms with Crippen molar-refractivity contribution in [2.45, 2.75) is 65.6 Å². The molecular formula is C80H73F2N17O10S3. The van der Waals surface area contributed by atoms with Crippen molar-refractivity contribution in [3.05, 3.63) is 263 Å². The number of nitrogens with one attached hydrogen (secondary N) is 4. The number of halogens is 2. The zero-order valence-electron chi connectivity index (χ0n) is 60.1. The number of hydrogen-bond acceptors (Lipinski definition) is 20. The third-order valence-electron chi connectivity index (χ3n) is 18.3. The average Bonchev–Trinajstić information content (AvgIpc) is 1.31. The number of terminal acetylenes is 3. The van der Waals surface area contributed by atoms with Crippen molar-refractivity contribution in [1.29, 1.82) is 0 Å². The van der Waals surface area contributed by atoms with Gasteiger partial charge >= 0.3 is 0 Å². The number of aromatic nitrogens is 11. The lowest BCUT2D eigenvalue weighted by Crippen LogP contribution is -2.49. The standard InChI is InChI=1S/C34H32N10O4S.C32H29F2N5O3S.C14H12N2O3S/c1-2-3-9-29(45)28-21-30(37-31-20-27(39-40-31)23-10-11-23)38-34(36-28)43-18-16-42(17-19-43)33(46)25-12-14-26(15-13-25)49(47,48)44-22-35-32(41-44)24-7-5-4-6-8-24;1-2-18-35-32(40)26-7-13-30(14-8-26)43(41,42)39-22-29(36-37-39)17-21-38-19-15-25(16-20-38)31(23-3-9-27(33)10-4-23)24-5-11-28(34)12-6-24;1-2-9-15-14(17)12-5-7-13(8-6-12)20(18,19)16-10-3-4-11-16/h1,4-8,12-15,20-23H,3,9-11,16-19H2,(H2,36,37,38,39,40);1,3-14,22H,15-21H2,(H,35,40);1,3-8,10-11H,9H2,(H,15,17). The van der Waals surface area contributed by atoms with E-state index in [1.807, 2.05) is 29.2 Å². The number of nitrogens with zero attached hydrogens (tertiary/aromatic N) is 13. The van der Waals surface area contributed by atoms with Gasteiger partial charge in [0, 0.05) is 123 Å². The van der Waals surface area contributed by atoms with Crippen LogP contribution >= 0.6 is 0 Å². The van der Waals surface area contributed by atoms with Crippen LogP contribution in [-0.2, 0) is 36.5 Å². The van der Waals surface area contributed by atoms with Gasteiger partial charge in [0.1, 0.15) is 29.5 Å². The van der Waals surface area contributed by atoms with Crippen LogP contribution in [-0.4, -0.2) is 170 Å². The Balaban J connectivity index is 0.000000169. The summed E-state index contributed by atoms with van der Waals surface area (Å²) in [5, 5.41) is 27.7. The highest BCUT2D eigenvalue weighted by Crippen LogP contribution is 2.40. The normalized spacial score (nSPS) is 13.7. The minimum Gasteiger partial charge on any atom is -0.341 e. The minimum absolute atomic E-state index is 0.0183. The Morgan fingerprint density at radius 2 is 1.12 bits per heavy atom. The number of aromatic amines is 1. The quantitative estimate of drug-likeness (QED) is 0.0323. The van der Waals surface area contributed by atoms with Crippen molar-refractivity contribution in [2.24, 2.45) is 0 Å². The second kappa shape index (κ2) is 35.5. The van der Waals surface area contributed by atoms with Crippen LogP contribution in [0.25, 0.3) is 17.0 Å². The van der Waals surface area contributed by atoms with Gasteiger partial charge in [0.25, 0.3) is 47.8 Å². The number of benzene rings is 6. The molecule has 112 heavy (non-hydrogen) atoms. The van der Waals surface area contributed by atoms with Gasteiger partial charge in [-0.1, -0.05) is 77.2 Å². The van der Waals surface area contributed by atoms with Gasteiger partial charge in [0.15, 0.2) is 17.4 Å². The molecule has 1 aliphatic carbocycles. The molecule has 2 saturated heterocycles. The number of hydrogen-bond donors (Lipinski definition) is 4. The molecule has 32 heteroatoms. The number of ketones is 1. The van der Waals surface area contributed by atoms with E-state index in [1.165, 1.54) is 121 Å². The van der Waals surface area contributed by atoms with E-state index in [2.05, 4.69) is 79.2 Å². The zero-order chi connectivity index (χ0) is 78.9. The number of anilines is 3. The molecule has 0 radical (unpaired) electrons. The van der Waals surface area contributed by atoms with E-state index in [1.54, 1.807) is 59.5 Å². The summed E-state index contributed by atoms with van der Waals surface area (Å²) in [7, 11) is -11.6. The molecule has 570 valence electrons. The third kappa shape index (κ3) is 19.3. The van der Waals surface area contributed by atoms with Gasteiger partial charge in [0.05, 0.1) is 39.7 Å². The predicted molar refractivity (Wildman–Crippen MR) is 414 cm³/mol. The molecule has 3 amide bonds. The Morgan fingerprint density at radius 1 is 0.580 bits per heavy atom. The first-order valence-electron chi connectivity index (χ1n) is 35.3. The first kappa shape index (κ1) is 78.5. The van der Waals surface area contributed by atoms with Gasteiger partial charge in [-0.3, -0.25) is 24.3 Å². The van der Waals surface area contributed by atoms with Crippen molar-refractivity contribution in [1.82, 2.24) is 73.1 Å². The highest BCUT2D eigenvalue weighted by atomic mass is 32.2. The van der Waals surface area contributed by atoms with Gasteiger partial charge in [-0.15, -0.1) is 43.6 Å². The van der Waals surface area contributed by atoms with Gasteiger partial charge < -0.3 is 30.7 Å². The van der Waals surface area contributed by atoms with Crippen molar-refractivity contribution < 1.29 is 53.2 Å². The number of piperidine rings is 1. The molecule has 7 heterocycles. The minimum atomic E-state index is -4.02. The molecule has 5 aromatic heterocycles. The number of carbonyl (C=O) groups excluding carboxylic acids is 4. The fourth-order valence-electron chi connectivity index (χ4n) is 12.1. The summed E-state index contributed by atoms with van der Waals surface area (Å²) >= 11 is 0. The van der Waals surface area contributed by atoms with E-state index in [0.29, 0.717) is 91.5 Å². The fraction of sp³-hybridized carbons (Fsp3) is 0.212. The summed E-state index contributed by atoms with van der Waals surface area (Å²) in [6.07, 6.45) is 25.8. The van der Waals surface area contributed by atoms with Gasteiger partial charge in [-0.25, -0.2) is 31.1 Å². The smallest absolute Gasteiger partial charge is 0.284 e. The number of carbonyl (C=O) groups is 4. The maximum absolute atomic E-state index is 13.6. The molecule has 0 bridgehead atoms. The molecule has 0 spiro atoms. The molecule has 27 nitrogen and oxygen atoms in total. The number of H-pyrrole nitrogens is 1. The molecule has 3 aliphatic rings. The first-order chi connectivity index (χ1) is 54.1. The fourth-order valence-corrected chi connectivity index (χ4v) is 15.4. The summed E-state index contributed by atoms with van der Waals surface area (Å²) in [5.74, 6) is 7.48. The van der Waals surface area contributed by atoms with E-state index in [-0.39, 0.29) is 80.5 Å². The average molecular weight is 1570 g/mol. The van der Waals surface area contributed by atoms with Crippen LogP contribution in [0.4, 0.5) is 26.4 Å². The van der Waals surface area contributed by atoms with Crippen molar-refractivity contribution in [3.8, 4) is 48.4 Å². The molecule has 1 saturated carbocycles. The van der Waals surface area contributed by atoms with Crippen LogP contribution < -0.4 is 20.9 Å². The summed E-state index contributed by atoms with van der Waals surface area (Å²) in [5.41, 5.74) is 7.51. The Morgan fingerprint density at radius 3 is 1.68 bits per heavy atom. The number of rotatable bonds is 24. The number of Topliss-reactive ketones (excluding diaryl/α,β-unsaturated/α-hetero) is 1. The third-order valence-corrected chi connectivity index (χ3v) is 23.0. The van der Waals surface area contributed by atoms with Crippen LogP contribution in [0.5, 0.6) is 0 Å². The highest BCUT2D eigenvalue weighted by Gasteiger charge is 2.30. The van der Waals surface area contributed by atoms with Gasteiger partial charge in [0.2, 0.25) is 5.95 Å². The van der Waals surface area contributed by atoms with Crippen LogP contribution in [0.2, 0.25) is 0 Å². The monoisotopic (exact) mass is 1570 g/mol. The summed E-state index contributed by atoms with van der Waals surface area (Å²) < 4.78 is 107. The summed E-state index contributed by atoms with van der Waals surface area (Å²) in [4.78, 5) is 69.3. The molecule has 4 N–H and O–H groups in total. The predicted octanol–water partition coefficient (Wildman–Crippen LogP) is 9.26. The van der Waals surface area contributed by atoms with Crippen molar-refractivity contribution in [3.63, 3.8) is 0 Å². The molecule has 0 unspecified atom stereocenters. The second-order valence-electron chi connectivity index (χ2n) is 25.8. The van der Waals surface area contributed by atoms with Crippen LogP contribution in [0, 0.1) is 48.7 Å².